The molecule has 0 aliphatic rings. The van der Waals surface area contributed by atoms with Gasteiger partial charge in [-0.15, -0.1) is 11.3 Å². The van der Waals surface area contributed by atoms with E-state index in [-0.39, 0.29) is 11.9 Å². The minimum atomic E-state index is -0.135. The second kappa shape index (κ2) is 6.78. The number of aromatic nitrogens is 1. The molecular weight excluding hydrogens is 259 g/mol. The summed E-state index contributed by atoms with van der Waals surface area (Å²) < 4.78 is 14.0. The normalized spacial score (nSPS) is 12.6. The van der Waals surface area contributed by atoms with Gasteiger partial charge in [0.1, 0.15) is 5.82 Å². The minimum Gasteiger partial charge on any atom is -0.310 e. The zero-order valence-electron chi connectivity index (χ0n) is 11.3. The highest BCUT2D eigenvalue weighted by atomic mass is 32.1. The van der Waals surface area contributed by atoms with Crippen molar-refractivity contribution in [1.29, 1.82) is 0 Å². The van der Waals surface area contributed by atoms with Crippen molar-refractivity contribution in [1.82, 2.24) is 10.3 Å². The molecule has 0 aliphatic carbocycles. The Morgan fingerprint density at radius 2 is 2.26 bits per heavy atom. The summed E-state index contributed by atoms with van der Waals surface area (Å²) in [4.78, 5) is 5.26. The molecule has 19 heavy (non-hydrogen) atoms. The molecule has 0 fully saturated rings. The van der Waals surface area contributed by atoms with Crippen LogP contribution >= 0.6 is 11.3 Å². The van der Waals surface area contributed by atoms with Crippen molar-refractivity contribution in [2.45, 2.75) is 32.7 Å². The van der Waals surface area contributed by atoms with Crippen LogP contribution in [0.2, 0.25) is 0 Å². The summed E-state index contributed by atoms with van der Waals surface area (Å²) in [6, 6.07) is 5.31. The van der Waals surface area contributed by atoms with Gasteiger partial charge in [-0.2, -0.15) is 0 Å². The molecule has 0 spiro atoms. The number of nitrogens with zero attached hydrogens (tertiary/aromatic N) is 1. The van der Waals surface area contributed by atoms with Gasteiger partial charge in [0.2, 0.25) is 0 Å². The third-order valence-electron chi connectivity index (χ3n) is 3.06. The number of rotatable bonds is 6. The minimum absolute atomic E-state index is 0.0142. The summed E-state index contributed by atoms with van der Waals surface area (Å²) in [7, 11) is 0. The van der Waals surface area contributed by atoms with Crippen molar-refractivity contribution in [3.8, 4) is 0 Å². The second-order valence-corrected chi connectivity index (χ2v) is 5.67. The first-order valence-corrected chi connectivity index (χ1v) is 7.45. The Kier molecular flexibility index (Phi) is 5.05. The molecule has 2 nitrogen and oxygen atoms in total. The molecule has 0 saturated carbocycles. The molecule has 2 rings (SSSR count). The maximum absolute atomic E-state index is 14.0. The van der Waals surface area contributed by atoms with Gasteiger partial charge in [0.05, 0.1) is 5.51 Å². The quantitative estimate of drug-likeness (QED) is 0.867. The second-order valence-electron chi connectivity index (χ2n) is 4.70. The maximum atomic E-state index is 14.0. The van der Waals surface area contributed by atoms with Crippen LogP contribution in [0.5, 0.6) is 0 Å². The van der Waals surface area contributed by atoms with E-state index in [9.17, 15) is 4.39 Å². The number of hydrogen-bond donors (Lipinski definition) is 1. The number of halogens is 1. The third kappa shape index (κ3) is 3.85. The summed E-state index contributed by atoms with van der Waals surface area (Å²) in [5.41, 5.74) is 3.66. The van der Waals surface area contributed by atoms with Gasteiger partial charge in [-0.05, 0) is 26.0 Å². The maximum Gasteiger partial charge on any atom is 0.128 e. The van der Waals surface area contributed by atoms with Crippen molar-refractivity contribution in [3.63, 3.8) is 0 Å². The lowest BCUT2D eigenvalue weighted by Crippen LogP contribution is -2.24. The molecule has 1 aromatic carbocycles. The molecule has 1 atom stereocenters. The van der Waals surface area contributed by atoms with Crippen LogP contribution in [0.3, 0.4) is 0 Å². The van der Waals surface area contributed by atoms with Gasteiger partial charge >= 0.3 is 0 Å². The Bertz CT molecular complexity index is 511. The third-order valence-corrected chi connectivity index (χ3v) is 3.86. The van der Waals surface area contributed by atoms with Gasteiger partial charge in [0.25, 0.3) is 0 Å². The van der Waals surface area contributed by atoms with Crippen LogP contribution < -0.4 is 5.32 Å². The van der Waals surface area contributed by atoms with Gasteiger partial charge in [-0.25, -0.2) is 4.39 Å². The first-order chi connectivity index (χ1) is 9.20. The Morgan fingerprint density at radius 3 is 2.95 bits per heavy atom. The summed E-state index contributed by atoms with van der Waals surface area (Å²) in [5.74, 6) is -0.135. The van der Waals surface area contributed by atoms with Crippen molar-refractivity contribution in [3.05, 3.63) is 51.7 Å². The molecule has 0 radical (unpaired) electrons. The van der Waals surface area contributed by atoms with E-state index in [2.05, 4.69) is 17.2 Å². The highest BCUT2D eigenvalue weighted by Gasteiger charge is 2.16. The molecule has 1 unspecified atom stereocenters. The van der Waals surface area contributed by atoms with E-state index in [1.165, 1.54) is 4.88 Å². The Hall–Kier alpha value is -1.26. The number of nitrogens with one attached hydrogen (secondary N) is 1. The van der Waals surface area contributed by atoms with Crippen molar-refractivity contribution in [2.24, 2.45) is 0 Å². The molecule has 0 amide bonds. The molecule has 0 aliphatic heterocycles. The fraction of sp³-hybridized carbons (Fsp3) is 0.400. The van der Waals surface area contributed by atoms with Gasteiger partial charge in [0, 0.05) is 29.1 Å². The Morgan fingerprint density at radius 1 is 1.42 bits per heavy atom. The highest BCUT2D eigenvalue weighted by Crippen LogP contribution is 2.24. The van der Waals surface area contributed by atoms with E-state index in [1.807, 2.05) is 30.8 Å². The lowest BCUT2D eigenvalue weighted by atomic mass is 10.00. The summed E-state index contributed by atoms with van der Waals surface area (Å²) in [6.07, 6.45) is 3.68. The fourth-order valence-electron chi connectivity index (χ4n) is 2.08. The van der Waals surface area contributed by atoms with Crippen molar-refractivity contribution < 1.29 is 4.39 Å². The predicted octanol–water partition coefficient (Wildman–Crippen LogP) is 3.87. The smallest absolute Gasteiger partial charge is 0.128 e. The topological polar surface area (TPSA) is 24.9 Å². The van der Waals surface area contributed by atoms with Crippen LogP contribution in [0.1, 0.15) is 35.4 Å². The average molecular weight is 278 g/mol. The van der Waals surface area contributed by atoms with Gasteiger partial charge in [-0.3, -0.25) is 4.98 Å². The predicted molar refractivity (Wildman–Crippen MR) is 78.0 cm³/mol. The molecule has 1 aromatic heterocycles. The molecule has 4 heteroatoms. The van der Waals surface area contributed by atoms with E-state index in [0.717, 1.165) is 30.5 Å². The van der Waals surface area contributed by atoms with Crippen LogP contribution in [0.25, 0.3) is 0 Å². The zero-order chi connectivity index (χ0) is 13.7. The molecule has 102 valence electrons. The standard InChI is InChI=1S/C15H19FN2S/c1-3-6-18-15(8-12-9-17-10-19-12)13-7-11(2)4-5-14(13)16/h4-5,7,9-10,15,18H,3,6,8H2,1-2H3. The molecule has 0 bridgehead atoms. The SMILES string of the molecule is CCCNC(Cc1cncs1)c1cc(C)ccc1F. The van der Waals surface area contributed by atoms with Crippen LogP contribution in [0, 0.1) is 12.7 Å². The Balaban J connectivity index is 2.23. The molecule has 0 saturated heterocycles. The summed E-state index contributed by atoms with van der Waals surface area (Å²) in [5, 5.41) is 3.43. The van der Waals surface area contributed by atoms with Crippen molar-refractivity contribution >= 4 is 11.3 Å². The number of aryl methyl sites for hydroxylation is 1. The van der Waals surface area contributed by atoms with Gasteiger partial charge in [-0.1, -0.05) is 24.6 Å². The zero-order valence-corrected chi connectivity index (χ0v) is 12.1. The Labute approximate surface area is 117 Å². The van der Waals surface area contributed by atoms with E-state index in [4.69, 9.17) is 0 Å². The van der Waals surface area contributed by atoms with Crippen LogP contribution in [-0.2, 0) is 6.42 Å². The molecule has 2 aromatic rings. The van der Waals surface area contributed by atoms with E-state index in [0.29, 0.717) is 0 Å². The lowest BCUT2D eigenvalue weighted by Gasteiger charge is -2.19. The monoisotopic (exact) mass is 278 g/mol. The highest BCUT2D eigenvalue weighted by molar-refractivity contribution is 7.09. The number of benzene rings is 1. The van der Waals surface area contributed by atoms with Gasteiger partial charge < -0.3 is 5.32 Å². The average Bonchev–Trinajstić information content (AvgIpc) is 2.90. The first kappa shape index (κ1) is 14.2. The number of thiazole rings is 1. The fourth-order valence-corrected chi connectivity index (χ4v) is 2.73. The van der Waals surface area contributed by atoms with E-state index < -0.39 is 0 Å². The summed E-state index contributed by atoms with van der Waals surface area (Å²) >= 11 is 1.62. The van der Waals surface area contributed by atoms with Crippen LogP contribution in [0.4, 0.5) is 4.39 Å². The number of hydrogen-bond acceptors (Lipinski definition) is 3. The van der Waals surface area contributed by atoms with E-state index in [1.54, 1.807) is 17.4 Å². The summed E-state index contributed by atoms with van der Waals surface area (Å²) in [6.45, 7) is 4.99. The van der Waals surface area contributed by atoms with Crippen LogP contribution in [-0.4, -0.2) is 11.5 Å². The molecule has 1 heterocycles. The van der Waals surface area contributed by atoms with Crippen molar-refractivity contribution in [2.75, 3.05) is 6.54 Å². The van der Waals surface area contributed by atoms with Gasteiger partial charge in [0.15, 0.2) is 0 Å². The first-order valence-electron chi connectivity index (χ1n) is 6.57. The molecule has 1 N–H and O–H groups in total. The lowest BCUT2D eigenvalue weighted by molar-refractivity contribution is 0.498. The van der Waals surface area contributed by atoms with E-state index >= 15 is 0 Å². The molecular formula is C15H19FN2S. The van der Waals surface area contributed by atoms with Crippen LogP contribution in [0.15, 0.2) is 29.9 Å². The largest absolute Gasteiger partial charge is 0.310 e.